The van der Waals surface area contributed by atoms with E-state index in [9.17, 15) is 32.4 Å². The Morgan fingerprint density at radius 2 is 1.70 bits per heavy atom. The van der Waals surface area contributed by atoms with Crippen LogP contribution in [0.4, 0.5) is 0 Å². The number of hydrogen-bond donors (Lipinski definition) is 2. The predicted molar refractivity (Wildman–Crippen MR) is 156 cm³/mol. The number of nitrogens with one attached hydrogen (secondary N) is 2. The van der Waals surface area contributed by atoms with E-state index < -0.39 is 64.2 Å². The Morgan fingerprint density at radius 1 is 1.02 bits per heavy atom. The van der Waals surface area contributed by atoms with Gasteiger partial charge in [-0.15, -0.1) is 0 Å². The van der Waals surface area contributed by atoms with Crippen LogP contribution in [0, 0.1) is 0 Å². The molecule has 3 amide bonds. The highest BCUT2D eigenvalue weighted by Gasteiger charge is 2.45. The van der Waals surface area contributed by atoms with Crippen molar-refractivity contribution in [3.8, 4) is 0 Å². The topological polar surface area (TPSA) is 159 Å². The van der Waals surface area contributed by atoms with Gasteiger partial charge in [0, 0.05) is 19.4 Å². The lowest BCUT2D eigenvalue weighted by Gasteiger charge is -2.43. The van der Waals surface area contributed by atoms with Gasteiger partial charge >= 0.3 is 5.97 Å². The van der Waals surface area contributed by atoms with Crippen LogP contribution in [-0.2, 0) is 33.9 Å². The van der Waals surface area contributed by atoms with Crippen LogP contribution in [-0.4, -0.2) is 79.4 Å². The highest BCUT2D eigenvalue weighted by atomic mass is 35.5. The van der Waals surface area contributed by atoms with Crippen LogP contribution in [0.25, 0.3) is 0 Å². The van der Waals surface area contributed by atoms with E-state index in [4.69, 9.17) is 27.9 Å². The number of carbonyl (C=O) groups is 5. The van der Waals surface area contributed by atoms with Crippen LogP contribution < -0.4 is 10.0 Å². The van der Waals surface area contributed by atoms with Crippen molar-refractivity contribution in [3.63, 3.8) is 0 Å². The third-order valence-electron chi connectivity index (χ3n) is 7.00. The van der Waals surface area contributed by atoms with Crippen LogP contribution in [0.3, 0.4) is 0 Å². The number of sulfonamides is 1. The summed E-state index contributed by atoms with van der Waals surface area (Å²) in [7, 11) is -3.78. The van der Waals surface area contributed by atoms with Gasteiger partial charge in [0.25, 0.3) is 5.91 Å². The zero-order valence-electron chi connectivity index (χ0n) is 23.1. The zero-order chi connectivity index (χ0) is 31.3. The second kappa shape index (κ2) is 13.8. The first-order valence-corrected chi connectivity index (χ1v) is 16.1. The van der Waals surface area contributed by atoms with E-state index in [0.29, 0.717) is 12.0 Å². The molecule has 12 nitrogen and oxygen atoms in total. The van der Waals surface area contributed by atoms with E-state index in [1.807, 2.05) is 0 Å². The summed E-state index contributed by atoms with van der Waals surface area (Å²) in [5.41, 5.74) is 0.501. The molecule has 2 aliphatic heterocycles. The van der Waals surface area contributed by atoms with Crippen molar-refractivity contribution in [1.82, 2.24) is 20.1 Å². The maximum atomic E-state index is 13.7. The van der Waals surface area contributed by atoms with Gasteiger partial charge in [0.05, 0.1) is 27.9 Å². The van der Waals surface area contributed by atoms with Crippen molar-refractivity contribution in [1.29, 1.82) is 0 Å². The standard InChI is InChI=1S/C28H30Cl2N4O8S/c1-43(40,41)32-21-12-13-24(36)33-14-6-11-23(34(33)27(21)38)26(37)31-22(17-7-3-2-4-8-17)15-18(35)16-42-28(39)25-19(29)9-5-10-20(25)30/h2-5,7-10,21-23,32H,6,11-16H2,1H3,(H,31,37)/t21?,22?,23-/m0/s1. The molecule has 0 spiro atoms. The van der Waals surface area contributed by atoms with Gasteiger partial charge in [0.2, 0.25) is 21.8 Å². The van der Waals surface area contributed by atoms with Gasteiger partial charge in [0.1, 0.15) is 18.7 Å². The molecule has 15 heteroatoms. The first-order chi connectivity index (χ1) is 20.4. The molecule has 0 bridgehead atoms. The molecule has 3 atom stereocenters. The number of rotatable bonds is 10. The lowest BCUT2D eigenvalue weighted by molar-refractivity contribution is -0.176. The molecule has 2 aromatic carbocycles. The summed E-state index contributed by atoms with van der Waals surface area (Å²) >= 11 is 12.1. The molecule has 2 fully saturated rings. The summed E-state index contributed by atoms with van der Waals surface area (Å²) in [6.07, 6.45) is 1.15. The molecular formula is C28H30Cl2N4O8S. The fraction of sp³-hybridized carbons (Fsp3) is 0.393. The van der Waals surface area contributed by atoms with Gasteiger partial charge in [-0.3, -0.25) is 24.2 Å². The highest BCUT2D eigenvalue weighted by Crippen LogP contribution is 2.27. The van der Waals surface area contributed by atoms with Gasteiger partial charge < -0.3 is 10.1 Å². The molecule has 4 rings (SSSR count). The summed E-state index contributed by atoms with van der Waals surface area (Å²) in [6, 6.07) is 9.86. The summed E-state index contributed by atoms with van der Waals surface area (Å²) < 4.78 is 31.2. The van der Waals surface area contributed by atoms with Gasteiger partial charge in [-0.05, 0) is 37.0 Å². The minimum atomic E-state index is -3.78. The molecule has 0 aliphatic carbocycles. The normalized spacial score (nSPS) is 19.7. The fourth-order valence-corrected chi connectivity index (χ4v) is 6.33. The Hall–Kier alpha value is -3.52. The number of halogens is 2. The number of esters is 1. The summed E-state index contributed by atoms with van der Waals surface area (Å²) in [5, 5.41) is 5.18. The molecule has 2 aromatic rings. The van der Waals surface area contributed by atoms with E-state index in [0.717, 1.165) is 11.3 Å². The minimum Gasteiger partial charge on any atom is -0.454 e. The lowest BCUT2D eigenvalue weighted by Crippen LogP contribution is -2.63. The number of carbonyl (C=O) groups excluding carboxylic acids is 5. The van der Waals surface area contributed by atoms with Gasteiger partial charge in [-0.2, -0.15) is 0 Å². The molecule has 43 heavy (non-hydrogen) atoms. The highest BCUT2D eigenvalue weighted by molar-refractivity contribution is 7.88. The average Bonchev–Trinajstić information content (AvgIpc) is 3.07. The molecule has 2 N–H and O–H groups in total. The number of ketones is 1. The second-order valence-electron chi connectivity index (χ2n) is 10.2. The SMILES string of the molecule is CS(=O)(=O)NC1CCC(=O)N2CCC[C@@H](C(=O)NC(CC(=O)COC(=O)c3c(Cl)cccc3Cl)c3ccccc3)N2C1=O. The van der Waals surface area contributed by atoms with Crippen molar-refractivity contribution in [2.24, 2.45) is 0 Å². The molecule has 0 radical (unpaired) electrons. The van der Waals surface area contributed by atoms with Crippen molar-refractivity contribution < 1.29 is 37.1 Å². The lowest BCUT2D eigenvalue weighted by atomic mass is 9.99. The summed E-state index contributed by atoms with van der Waals surface area (Å²) in [6.45, 7) is -0.421. The molecule has 0 saturated carbocycles. The maximum absolute atomic E-state index is 13.7. The molecule has 2 saturated heterocycles. The van der Waals surface area contributed by atoms with E-state index in [1.54, 1.807) is 36.4 Å². The average molecular weight is 654 g/mol. The van der Waals surface area contributed by atoms with Crippen LogP contribution in [0.2, 0.25) is 10.0 Å². The quantitative estimate of drug-likeness (QED) is 0.370. The van der Waals surface area contributed by atoms with Crippen LogP contribution >= 0.6 is 23.2 Å². The van der Waals surface area contributed by atoms with E-state index in [-0.39, 0.29) is 47.8 Å². The minimum absolute atomic E-state index is 0.0503. The van der Waals surface area contributed by atoms with E-state index >= 15 is 0 Å². The number of ether oxygens (including phenoxy) is 1. The van der Waals surface area contributed by atoms with Crippen molar-refractivity contribution in [2.75, 3.05) is 19.4 Å². The number of amides is 3. The Bertz CT molecular complexity index is 1500. The number of hydrogen-bond acceptors (Lipinski definition) is 8. The molecule has 230 valence electrons. The van der Waals surface area contributed by atoms with Gasteiger partial charge in [-0.1, -0.05) is 59.6 Å². The van der Waals surface area contributed by atoms with Crippen LogP contribution in [0.15, 0.2) is 48.5 Å². The monoisotopic (exact) mass is 652 g/mol. The number of benzene rings is 2. The van der Waals surface area contributed by atoms with E-state index in [1.165, 1.54) is 17.1 Å². The number of Topliss-reactive ketones (excluding diaryl/α,β-unsaturated/α-hetero) is 1. The molecular weight excluding hydrogens is 623 g/mol. The Kier molecular flexibility index (Phi) is 10.4. The maximum Gasteiger partial charge on any atom is 0.341 e. The molecule has 2 heterocycles. The van der Waals surface area contributed by atoms with Crippen LogP contribution in [0.5, 0.6) is 0 Å². The van der Waals surface area contributed by atoms with Crippen LogP contribution in [0.1, 0.15) is 54.1 Å². The Morgan fingerprint density at radius 3 is 2.35 bits per heavy atom. The van der Waals surface area contributed by atoms with Crippen molar-refractivity contribution in [3.05, 3.63) is 69.7 Å². The Labute approximate surface area is 258 Å². The second-order valence-corrected chi connectivity index (χ2v) is 12.8. The smallest absolute Gasteiger partial charge is 0.341 e. The number of nitrogens with zero attached hydrogens (tertiary/aromatic N) is 2. The molecule has 2 aliphatic rings. The van der Waals surface area contributed by atoms with Crippen molar-refractivity contribution >= 4 is 62.7 Å². The largest absolute Gasteiger partial charge is 0.454 e. The zero-order valence-corrected chi connectivity index (χ0v) is 25.5. The summed E-state index contributed by atoms with van der Waals surface area (Å²) in [5.74, 6) is -3.15. The van der Waals surface area contributed by atoms with Gasteiger partial charge in [0.15, 0.2) is 5.78 Å². The third kappa shape index (κ3) is 8.11. The summed E-state index contributed by atoms with van der Waals surface area (Å²) in [4.78, 5) is 65.5. The Balaban J connectivity index is 1.51. The first-order valence-electron chi connectivity index (χ1n) is 13.4. The predicted octanol–water partition coefficient (Wildman–Crippen LogP) is 2.41. The molecule has 2 unspecified atom stereocenters. The fourth-order valence-electron chi connectivity index (χ4n) is 5.04. The third-order valence-corrected chi connectivity index (χ3v) is 8.34. The van der Waals surface area contributed by atoms with E-state index in [2.05, 4.69) is 10.0 Å². The number of fused-ring (bicyclic) bond motifs is 1. The first kappa shape index (κ1) is 32.4. The number of hydrazine groups is 1. The van der Waals surface area contributed by atoms with Crippen molar-refractivity contribution in [2.45, 2.75) is 50.2 Å². The van der Waals surface area contributed by atoms with Gasteiger partial charge in [-0.25, -0.2) is 22.9 Å². The molecule has 0 aromatic heterocycles.